The van der Waals surface area contributed by atoms with Crippen LogP contribution in [0, 0.1) is 5.82 Å². The predicted molar refractivity (Wildman–Crippen MR) is 67.5 cm³/mol. The monoisotopic (exact) mass is 248 g/mol. The second-order valence-corrected chi connectivity index (χ2v) is 4.50. The lowest BCUT2D eigenvalue weighted by Gasteiger charge is -2.09. The van der Waals surface area contributed by atoms with Gasteiger partial charge in [-0.05, 0) is 17.7 Å². The molecule has 0 aliphatic rings. The summed E-state index contributed by atoms with van der Waals surface area (Å²) in [6.45, 7) is 5.35. The third-order valence-electron chi connectivity index (χ3n) is 2.59. The minimum Gasteiger partial charge on any atom is -0.308 e. The summed E-state index contributed by atoms with van der Waals surface area (Å²) in [6, 6.07) is 6.93. The molecular formula is C13H17FN4. The van der Waals surface area contributed by atoms with Crippen LogP contribution >= 0.6 is 0 Å². The normalized spacial score (nSPS) is 11.1. The van der Waals surface area contributed by atoms with Gasteiger partial charge in [-0.25, -0.2) is 14.1 Å². The topological polar surface area (TPSA) is 42.7 Å². The fourth-order valence-corrected chi connectivity index (χ4v) is 1.66. The molecule has 2 aromatic rings. The second kappa shape index (κ2) is 5.73. The number of hydrogen-bond donors (Lipinski definition) is 1. The summed E-state index contributed by atoms with van der Waals surface area (Å²) in [5.41, 5.74) is 0.881. The van der Waals surface area contributed by atoms with E-state index in [2.05, 4.69) is 29.2 Å². The Bertz CT molecular complexity index is 507. The molecule has 0 fully saturated rings. The van der Waals surface area contributed by atoms with Crippen LogP contribution in [0.25, 0.3) is 0 Å². The second-order valence-electron chi connectivity index (χ2n) is 4.50. The molecule has 0 saturated carbocycles. The van der Waals surface area contributed by atoms with Crippen LogP contribution in [0.15, 0.2) is 30.6 Å². The van der Waals surface area contributed by atoms with E-state index in [1.54, 1.807) is 10.7 Å². The molecule has 1 aromatic carbocycles. The smallest absolute Gasteiger partial charge is 0.141 e. The number of aromatic nitrogens is 3. The van der Waals surface area contributed by atoms with Crippen molar-refractivity contribution in [3.8, 4) is 0 Å². The van der Waals surface area contributed by atoms with E-state index >= 15 is 0 Å². The maximum Gasteiger partial charge on any atom is 0.141 e. The van der Waals surface area contributed by atoms with Gasteiger partial charge >= 0.3 is 0 Å². The number of benzene rings is 1. The average molecular weight is 248 g/mol. The summed E-state index contributed by atoms with van der Waals surface area (Å²) in [5, 5.41) is 7.45. The van der Waals surface area contributed by atoms with E-state index in [9.17, 15) is 4.39 Å². The number of halogens is 1. The molecule has 0 radical (unpaired) electrons. The first-order chi connectivity index (χ1) is 8.65. The Kier molecular flexibility index (Phi) is 4.04. The Labute approximate surface area is 106 Å². The lowest BCUT2D eigenvalue weighted by Crippen LogP contribution is -2.24. The van der Waals surface area contributed by atoms with Gasteiger partial charge in [0.2, 0.25) is 0 Å². The summed E-state index contributed by atoms with van der Waals surface area (Å²) in [5.74, 6) is 0.627. The van der Waals surface area contributed by atoms with Crippen molar-refractivity contribution in [2.75, 3.05) is 0 Å². The molecule has 0 bridgehead atoms. The van der Waals surface area contributed by atoms with E-state index < -0.39 is 0 Å². The molecule has 1 aromatic heterocycles. The molecule has 18 heavy (non-hydrogen) atoms. The zero-order valence-corrected chi connectivity index (χ0v) is 10.6. The molecule has 0 unspecified atom stereocenters. The summed E-state index contributed by atoms with van der Waals surface area (Å²) >= 11 is 0. The number of nitrogens with one attached hydrogen (secondary N) is 1. The highest BCUT2D eigenvalue weighted by molar-refractivity contribution is 5.16. The molecule has 96 valence electrons. The van der Waals surface area contributed by atoms with Gasteiger partial charge in [0.25, 0.3) is 0 Å². The molecule has 4 nitrogen and oxygen atoms in total. The zero-order chi connectivity index (χ0) is 13.0. The van der Waals surface area contributed by atoms with Gasteiger partial charge in [-0.2, -0.15) is 5.10 Å². The van der Waals surface area contributed by atoms with Crippen molar-refractivity contribution in [3.63, 3.8) is 0 Å². The van der Waals surface area contributed by atoms with Crippen molar-refractivity contribution in [2.45, 2.75) is 33.0 Å². The first kappa shape index (κ1) is 12.7. The van der Waals surface area contributed by atoms with Gasteiger partial charge in [0.15, 0.2) is 0 Å². The highest BCUT2D eigenvalue weighted by atomic mass is 19.1. The lowest BCUT2D eigenvalue weighted by molar-refractivity contribution is 0.537. The minimum atomic E-state index is -0.227. The van der Waals surface area contributed by atoms with Gasteiger partial charge in [-0.1, -0.05) is 26.0 Å². The first-order valence-corrected chi connectivity index (χ1v) is 5.99. The van der Waals surface area contributed by atoms with Crippen LogP contribution < -0.4 is 5.32 Å². The summed E-state index contributed by atoms with van der Waals surface area (Å²) < 4.78 is 14.9. The standard InChI is InChI=1S/C13H17FN4/c1-10(2)15-7-13-16-9-17-18(13)8-11-4-3-5-12(14)6-11/h3-6,9-10,15H,7-8H2,1-2H3. The third kappa shape index (κ3) is 3.37. The van der Waals surface area contributed by atoms with Crippen LogP contribution in [0.3, 0.4) is 0 Å². The molecule has 0 amide bonds. The number of nitrogens with zero attached hydrogens (tertiary/aromatic N) is 3. The van der Waals surface area contributed by atoms with Gasteiger partial charge in [-0.15, -0.1) is 0 Å². The highest BCUT2D eigenvalue weighted by Crippen LogP contribution is 2.06. The zero-order valence-electron chi connectivity index (χ0n) is 10.6. The van der Waals surface area contributed by atoms with Crippen LogP contribution in [-0.2, 0) is 13.1 Å². The van der Waals surface area contributed by atoms with Crippen molar-refractivity contribution >= 4 is 0 Å². The van der Waals surface area contributed by atoms with Gasteiger partial charge in [0.05, 0.1) is 13.1 Å². The molecule has 1 heterocycles. The molecule has 0 atom stereocenters. The molecule has 0 aliphatic carbocycles. The van der Waals surface area contributed by atoms with Crippen molar-refractivity contribution in [3.05, 3.63) is 47.8 Å². The SMILES string of the molecule is CC(C)NCc1ncnn1Cc1cccc(F)c1. The van der Waals surface area contributed by atoms with Gasteiger partial charge in [0, 0.05) is 6.04 Å². The molecule has 1 N–H and O–H groups in total. The fraction of sp³-hybridized carbons (Fsp3) is 0.385. The molecule has 0 spiro atoms. The Hall–Kier alpha value is -1.75. The lowest BCUT2D eigenvalue weighted by atomic mass is 10.2. The maximum absolute atomic E-state index is 13.1. The summed E-state index contributed by atoms with van der Waals surface area (Å²) in [4.78, 5) is 4.20. The number of hydrogen-bond acceptors (Lipinski definition) is 3. The van der Waals surface area contributed by atoms with Crippen LogP contribution in [0.5, 0.6) is 0 Å². The fourth-order valence-electron chi connectivity index (χ4n) is 1.66. The molecular weight excluding hydrogens is 231 g/mol. The van der Waals surface area contributed by atoms with Crippen molar-refractivity contribution < 1.29 is 4.39 Å². The van der Waals surface area contributed by atoms with Crippen LogP contribution in [0.1, 0.15) is 25.2 Å². The quantitative estimate of drug-likeness (QED) is 0.879. The summed E-state index contributed by atoms with van der Waals surface area (Å²) in [6.07, 6.45) is 1.52. The Morgan fingerprint density at radius 3 is 2.94 bits per heavy atom. The van der Waals surface area contributed by atoms with E-state index in [0.29, 0.717) is 19.1 Å². The molecule has 5 heteroatoms. The van der Waals surface area contributed by atoms with Crippen LogP contribution in [-0.4, -0.2) is 20.8 Å². The van der Waals surface area contributed by atoms with Gasteiger partial charge in [-0.3, -0.25) is 0 Å². The van der Waals surface area contributed by atoms with Crippen molar-refractivity contribution in [1.29, 1.82) is 0 Å². The molecule has 0 saturated heterocycles. The van der Waals surface area contributed by atoms with Gasteiger partial charge < -0.3 is 5.32 Å². The van der Waals surface area contributed by atoms with Crippen LogP contribution in [0.4, 0.5) is 4.39 Å². The number of rotatable bonds is 5. The minimum absolute atomic E-state index is 0.227. The molecule has 2 rings (SSSR count). The highest BCUT2D eigenvalue weighted by Gasteiger charge is 2.06. The van der Waals surface area contributed by atoms with Crippen LogP contribution in [0.2, 0.25) is 0 Å². The van der Waals surface area contributed by atoms with E-state index in [0.717, 1.165) is 11.4 Å². The van der Waals surface area contributed by atoms with E-state index in [4.69, 9.17) is 0 Å². The van der Waals surface area contributed by atoms with Crippen molar-refractivity contribution in [2.24, 2.45) is 0 Å². The van der Waals surface area contributed by atoms with E-state index in [1.165, 1.54) is 18.5 Å². The van der Waals surface area contributed by atoms with E-state index in [1.807, 2.05) is 6.07 Å². The third-order valence-corrected chi connectivity index (χ3v) is 2.59. The van der Waals surface area contributed by atoms with Gasteiger partial charge in [0.1, 0.15) is 18.0 Å². The van der Waals surface area contributed by atoms with Crippen molar-refractivity contribution in [1.82, 2.24) is 20.1 Å². The predicted octanol–water partition coefficient (Wildman–Crippen LogP) is 1.96. The Balaban J connectivity index is 2.07. The summed E-state index contributed by atoms with van der Waals surface area (Å²) in [7, 11) is 0. The Morgan fingerprint density at radius 1 is 1.39 bits per heavy atom. The maximum atomic E-state index is 13.1. The molecule has 0 aliphatic heterocycles. The van der Waals surface area contributed by atoms with E-state index in [-0.39, 0.29) is 5.82 Å². The Morgan fingerprint density at radius 2 is 2.22 bits per heavy atom. The average Bonchev–Trinajstić information content (AvgIpc) is 2.74. The largest absolute Gasteiger partial charge is 0.308 e. The first-order valence-electron chi connectivity index (χ1n) is 5.99.